The van der Waals surface area contributed by atoms with Crippen molar-refractivity contribution in [1.29, 1.82) is 0 Å². The van der Waals surface area contributed by atoms with Gasteiger partial charge in [0.25, 0.3) is 5.91 Å². The molecule has 0 radical (unpaired) electrons. The van der Waals surface area contributed by atoms with Crippen LogP contribution in [-0.2, 0) is 0 Å². The van der Waals surface area contributed by atoms with E-state index in [1.54, 1.807) is 28.9 Å². The highest BCUT2D eigenvalue weighted by Gasteiger charge is 2.10. The molecule has 1 aromatic carbocycles. The SMILES string of the molecule is O=C(Nc1nnc(SCC(Br)=CBr)s1)c1ccccc1. The summed E-state index contributed by atoms with van der Waals surface area (Å²) in [6.07, 6.45) is 0. The standard InChI is InChI=1S/C12H9Br2N3OS2/c13-6-9(14)7-19-12-17-16-11(20-12)15-10(18)8-4-2-1-3-5-8/h1-6H,7H2,(H,15,16,18). The van der Waals surface area contributed by atoms with E-state index in [4.69, 9.17) is 0 Å². The zero-order valence-corrected chi connectivity index (χ0v) is 14.9. The maximum absolute atomic E-state index is 11.9. The number of thioether (sulfide) groups is 1. The van der Waals surface area contributed by atoms with E-state index in [1.165, 1.54) is 11.3 Å². The van der Waals surface area contributed by atoms with Gasteiger partial charge in [-0.05, 0) is 17.1 Å². The molecule has 2 aromatic rings. The van der Waals surface area contributed by atoms with Gasteiger partial charge in [-0.1, -0.05) is 73.2 Å². The second-order valence-corrected chi connectivity index (χ2v) is 7.21. The molecule has 104 valence electrons. The van der Waals surface area contributed by atoms with Gasteiger partial charge in [-0.25, -0.2) is 0 Å². The van der Waals surface area contributed by atoms with E-state index in [-0.39, 0.29) is 5.91 Å². The summed E-state index contributed by atoms with van der Waals surface area (Å²) in [7, 11) is 0. The number of benzene rings is 1. The zero-order chi connectivity index (χ0) is 14.4. The van der Waals surface area contributed by atoms with Crippen molar-refractivity contribution in [3.8, 4) is 0 Å². The predicted octanol–water partition coefficient (Wildman–Crippen LogP) is 4.51. The first-order chi connectivity index (χ1) is 9.69. The third-order valence-corrected chi connectivity index (χ3v) is 6.18. The minimum Gasteiger partial charge on any atom is -0.296 e. The highest BCUT2D eigenvalue weighted by molar-refractivity contribution is 9.14. The average Bonchev–Trinajstić information content (AvgIpc) is 2.93. The molecule has 0 fully saturated rings. The largest absolute Gasteiger partial charge is 0.296 e. The molecule has 0 aliphatic heterocycles. The lowest BCUT2D eigenvalue weighted by atomic mass is 10.2. The van der Waals surface area contributed by atoms with Crippen molar-refractivity contribution < 1.29 is 4.79 Å². The van der Waals surface area contributed by atoms with E-state index in [2.05, 4.69) is 47.4 Å². The first-order valence-electron chi connectivity index (χ1n) is 5.46. The Morgan fingerprint density at radius 2 is 2.10 bits per heavy atom. The number of carbonyl (C=O) groups is 1. The van der Waals surface area contributed by atoms with Crippen LogP contribution in [-0.4, -0.2) is 21.9 Å². The lowest BCUT2D eigenvalue weighted by Gasteiger charge is -1.99. The van der Waals surface area contributed by atoms with E-state index in [0.717, 1.165) is 14.6 Å². The molecule has 0 spiro atoms. The van der Waals surface area contributed by atoms with E-state index in [9.17, 15) is 4.79 Å². The summed E-state index contributed by atoms with van der Waals surface area (Å²) in [5, 5.41) is 11.2. The number of aromatic nitrogens is 2. The number of halogens is 2. The molecule has 1 amide bonds. The third-order valence-electron chi connectivity index (χ3n) is 2.11. The van der Waals surface area contributed by atoms with Crippen molar-refractivity contribution >= 4 is 66.0 Å². The van der Waals surface area contributed by atoms with Gasteiger partial charge < -0.3 is 0 Å². The molecule has 1 heterocycles. The van der Waals surface area contributed by atoms with E-state index in [1.807, 2.05) is 18.2 Å². The maximum Gasteiger partial charge on any atom is 0.257 e. The van der Waals surface area contributed by atoms with Crippen LogP contribution < -0.4 is 5.32 Å². The fourth-order valence-electron chi connectivity index (χ4n) is 1.24. The predicted molar refractivity (Wildman–Crippen MR) is 91.0 cm³/mol. The van der Waals surface area contributed by atoms with Gasteiger partial charge >= 0.3 is 0 Å². The molecule has 0 unspecified atom stereocenters. The number of amides is 1. The molecule has 4 nitrogen and oxygen atoms in total. The van der Waals surface area contributed by atoms with E-state index < -0.39 is 0 Å². The molecule has 0 bridgehead atoms. The van der Waals surface area contributed by atoms with Gasteiger partial charge in [0.2, 0.25) is 5.13 Å². The molecule has 1 aromatic heterocycles. The highest BCUT2D eigenvalue weighted by Crippen LogP contribution is 2.28. The van der Waals surface area contributed by atoms with Crippen molar-refractivity contribution in [2.75, 3.05) is 11.1 Å². The molecule has 1 N–H and O–H groups in total. The summed E-state index contributed by atoms with van der Waals surface area (Å²) in [6, 6.07) is 9.01. The van der Waals surface area contributed by atoms with Crippen LogP contribution in [0.2, 0.25) is 0 Å². The Morgan fingerprint density at radius 3 is 2.80 bits per heavy atom. The zero-order valence-electron chi connectivity index (χ0n) is 10.0. The normalized spacial score (nSPS) is 11.4. The Morgan fingerprint density at radius 1 is 1.35 bits per heavy atom. The van der Waals surface area contributed by atoms with Crippen LogP contribution in [0.25, 0.3) is 0 Å². The molecule has 2 rings (SSSR count). The Labute approximate surface area is 141 Å². The Kier molecular flexibility index (Phi) is 6.21. The summed E-state index contributed by atoms with van der Waals surface area (Å²) in [4.78, 5) is 13.7. The second kappa shape index (κ2) is 7.92. The van der Waals surface area contributed by atoms with Gasteiger partial charge in [-0.15, -0.1) is 10.2 Å². The lowest BCUT2D eigenvalue weighted by molar-refractivity contribution is 0.102. The molecule has 20 heavy (non-hydrogen) atoms. The topological polar surface area (TPSA) is 54.9 Å². The Balaban J connectivity index is 1.94. The van der Waals surface area contributed by atoms with Gasteiger partial charge in [0.05, 0.1) is 0 Å². The minimum absolute atomic E-state index is 0.181. The van der Waals surface area contributed by atoms with Crippen LogP contribution >= 0.6 is 55.0 Å². The summed E-state index contributed by atoms with van der Waals surface area (Å²) in [6.45, 7) is 0. The number of nitrogens with one attached hydrogen (secondary N) is 1. The number of hydrogen-bond donors (Lipinski definition) is 1. The van der Waals surface area contributed by atoms with Crippen LogP contribution in [0, 0.1) is 0 Å². The summed E-state index contributed by atoms with van der Waals surface area (Å²) >= 11 is 9.53. The monoisotopic (exact) mass is 433 g/mol. The van der Waals surface area contributed by atoms with Crippen LogP contribution in [0.4, 0.5) is 5.13 Å². The molecule has 0 atom stereocenters. The van der Waals surface area contributed by atoms with Crippen molar-refractivity contribution in [3.63, 3.8) is 0 Å². The third kappa shape index (κ3) is 4.69. The van der Waals surface area contributed by atoms with Gasteiger partial charge in [-0.3, -0.25) is 10.1 Å². The number of hydrogen-bond acceptors (Lipinski definition) is 5. The molecule has 0 aliphatic carbocycles. The van der Waals surface area contributed by atoms with Crippen molar-refractivity contribution in [2.24, 2.45) is 0 Å². The van der Waals surface area contributed by atoms with Crippen molar-refractivity contribution in [1.82, 2.24) is 10.2 Å². The molecule has 8 heteroatoms. The van der Waals surface area contributed by atoms with Crippen LogP contribution in [0.5, 0.6) is 0 Å². The molecular weight excluding hydrogens is 426 g/mol. The van der Waals surface area contributed by atoms with E-state index >= 15 is 0 Å². The average molecular weight is 435 g/mol. The molecule has 0 saturated carbocycles. The van der Waals surface area contributed by atoms with Gasteiger partial charge in [-0.2, -0.15) is 0 Å². The minimum atomic E-state index is -0.181. The quantitative estimate of drug-likeness (QED) is 0.555. The smallest absolute Gasteiger partial charge is 0.257 e. The summed E-state index contributed by atoms with van der Waals surface area (Å²) in [5.41, 5.74) is 0.599. The van der Waals surface area contributed by atoms with E-state index in [0.29, 0.717) is 10.7 Å². The number of nitrogens with zero attached hydrogens (tertiary/aromatic N) is 2. The van der Waals surface area contributed by atoms with Gasteiger partial charge in [0.1, 0.15) is 0 Å². The Hall–Kier alpha value is -0.700. The summed E-state index contributed by atoms with van der Waals surface area (Å²) in [5.74, 6) is 0.576. The van der Waals surface area contributed by atoms with Crippen LogP contribution in [0.15, 0.2) is 44.1 Å². The first-order valence-corrected chi connectivity index (χ1v) is 8.97. The van der Waals surface area contributed by atoms with Crippen LogP contribution in [0.1, 0.15) is 10.4 Å². The van der Waals surface area contributed by atoms with Crippen molar-refractivity contribution in [2.45, 2.75) is 4.34 Å². The molecular formula is C12H9Br2N3OS2. The Bertz CT molecular complexity index is 616. The maximum atomic E-state index is 11.9. The number of carbonyl (C=O) groups excluding carboxylic acids is 1. The second-order valence-electron chi connectivity index (χ2n) is 3.54. The van der Waals surface area contributed by atoms with Crippen molar-refractivity contribution in [3.05, 3.63) is 45.4 Å². The van der Waals surface area contributed by atoms with Gasteiger partial charge in [0.15, 0.2) is 4.34 Å². The van der Waals surface area contributed by atoms with Gasteiger partial charge in [0, 0.05) is 15.8 Å². The highest BCUT2D eigenvalue weighted by atomic mass is 79.9. The van der Waals surface area contributed by atoms with Crippen LogP contribution in [0.3, 0.4) is 0 Å². The number of anilines is 1. The molecule has 0 saturated heterocycles. The fourth-order valence-corrected chi connectivity index (χ4v) is 3.52. The lowest BCUT2D eigenvalue weighted by Crippen LogP contribution is -2.11. The molecule has 0 aliphatic rings. The first kappa shape index (κ1) is 15.7. The number of rotatable bonds is 5. The summed E-state index contributed by atoms with van der Waals surface area (Å²) < 4.78 is 1.83. The fraction of sp³-hybridized carbons (Fsp3) is 0.0833.